The Morgan fingerprint density at radius 2 is 1.83 bits per heavy atom. The minimum Gasteiger partial charge on any atom is -0.362 e. The maximum absolute atomic E-state index is 12.6. The minimum absolute atomic E-state index is 0.291. The van der Waals surface area contributed by atoms with E-state index in [0.717, 1.165) is 28.6 Å². The molecule has 0 saturated heterocycles. The zero-order valence-corrected chi connectivity index (χ0v) is 14.4. The Hall–Kier alpha value is -1.60. The molecular weight excluding hydrogens is 389 g/mol. The summed E-state index contributed by atoms with van der Waals surface area (Å²) in [6.07, 6.45) is -3.61. The molecule has 2 aromatic carbocycles. The van der Waals surface area contributed by atoms with Crippen LogP contribution < -0.4 is 10.6 Å². The number of anilines is 1. The summed E-state index contributed by atoms with van der Waals surface area (Å²) in [5, 5.41) is 6.04. The molecule has 0 unspecified atom stereocenters. The van der Waals surface area contributed by atoms with Crippen LogP contribution in [0.15, 0.2) is 53.0 Å². The summed E-state index contributed by atoms with van der Waals surface area (Å²) in [4.78, 5) is 0. The standard InChI is InChI=1S/C16H14BrF3N2S/c17-13-5-1-3-11(9-13)7-8-21-15(23)22-14-6-2-4-12(10-14)16(18,19)20/h1-6,9-10H,7-8H2,(H2,21,22,23). The molecule has 2 rings (SSSR count). The predicted molar refractivity (Wildman–Crippen MR) is 93.5 cm³/mol. The van der Waals surface area contributed by atoms with Gasteiger partial charge in [0.2, 0.25) is 0 Å². The molecule has 0 aromatic heterocycles. The smallest absolute Gasteiger partial charge is 0.362 e. The van der Waals surface area contributed by atoms with E-state index in [0.29, 0.717) is 17.3 Å². The van der Waals surface area contributed by atoms with Gasteiger partial charge in [-0.3, -0.25) is 0 Å². The Balaban J connectivity index is 1.85. The predicted octanol–water partition coefficient (Wildman–Crippen LogP) is 5.00. The van der Waals surface area contributed by atoms with Crippen LogP contribution in [0.5, 0.6) is 0 Å². The quantitative estimate of drug-likeness (QED) is 0.703. The zero-order valence-electron chi connectivity index (χ0n) is 12.0. The van der Waals surface area contributed by atoms with Gasteiger partial charge in [0.15, 0.2) is 5.11 Å². The van der Waals surface area contributed by atoms with Crippen molar-refractivity contribution in [1.82, 2.24) is 5.32 Å². The van der Waals surface area contributed by atoms with E-state index in [1.807, 2.05) is 24.3 Å². The van der Waals surface area contributed by atoms with Crippen molar-refractivity contribution in [2.75, 3.05) is 11.9 Å². The molecule has 23 heavy (non-hydrogen) atoms. The third-order valence-electron chi connectivity index (χ3n) is 3.04. The van der Waals surface area contributed by atoms with Crippen molar-refractivity contribution in [3.05, 3.63) is 64.1 Å². The van der Waals surface area contributed by atoms with E-state index in [1.54, 1.807) is 0 Å². The molecule has 0 amide bonds. The highest BCUT2D eigenvalue weighted by molar-refractivity contribution is 9.10. The third kappa shape index (κ3) is 5.84. The number of rotatable bonds is 4. The molecule has 2 N–H and O–H groups in total. The van der Waals surface area contributed by atoms with E-state index >= 15 is 0 Å². The van der Waals surface area contributed by atoms with E-state index in [9.17, 15) is 13.2 Å². The van der Waals surface area contributed by atoms with Crippen molar-refractivity contribution in [3.63, 3.8) is 0 Å². The van der Waals surface area contributed by atoms with Gasteiger partial charge in [-0.05, 0) is 54.5 Å². The van der Waals surface area contributed by atoms with Crippen LogP contribution in [0.4, 0.5) is 18.9 Å². The van der Waals surface area contributed by atoms with Gasteiger partial charge in [-0.25, -0.2) is 0 Å². The number of benzene rings is 2. The Bertz CT molecular complexity index is 689. The molecular formula is C16H14BrF3N2S. The first kappa shape index (κ1) is 17.7. The lowest BCUT2D eigenvalue weighted by Crippen LogP contribution is -2.30. The topological polar surface area (TPSA) is 24.1 Å². The number of hydrogen-bond donors (Lipinski definition) is 2. The van der Waals surface area contributed by atoms with E-state index < -0.39 is 11.7 Å². The van der Waals surface area contributed by atoms with Crippen molar-refractivity contribution in [1.29, 1.82) is 0 Å². The lowest BCUT2D eigenvalue weighted by Gasteiger charge is -2.12. The second-order valence-electron chi connectivity index (χ2n) is 4.84. The van der Waals surface area contributed by atoms with Crippen molar-refractivity contribution in [2.24, 2.45) is 0 Å². The molecule has 2 aromatic rings. The van der Waals surface area contributed by atoms with E-state index in [2.05, 4.69) is 26.6 Å². The summed E-state index contributed by atoms with van der Waals surface area (Å²) < 4.78 is 38.9. The molecule has 0 saturated carbocycles. The molecule has 0 fully saturated rings. The van der Waals surface area contributed by atoms with Crippen molar-refractivity contribution < 1.29 is 13.2 Å². The molecule has 122 valence electrons. The summed E-state index contributed by atoms with van der Waals surface area (Å²) in [6, 6.07) is 12.8. The number of hydrogen-bond acceptors (Lipinski definition) is 1. The lowest BCUT2D eigenvalue weighted by molar-refractivity contribution is -0.137. The Morgan fingerprint density at radius 3 is 2.52 bits per heavy atom. The first-order valence-electron chi connectivity index (χ1n) is 6.81. The largest absolute Gasteiger partial charge is 0.416 e. The summed E-state index contributed by atoms with van der Waals surface area (Å²) in [5.41, 5.74) is 0.730. The molecule has 0 heterocycles. The van der Waals surface area contributed by atoms with Gasteiger partial charge in [0.25, 0.3) is 0 Å². The number of thiocarbonyl (C=S) groups is 1. The van der Waals surface area contributed by atoms with Crippen LogP contribution in [0.1, 0.15) is 11.1 Å². The maximum Gasteiger partial charge on any atom is 0.416 e. The first-order chi connectivity index (χ1) is 10.8. The second-order valence-corrected chi connectivity index (χ2v) is 6.16. The molecule has 0 radical (unpaired) electrons. The van der Waals surface area contributed by atoms with Gasteiger partial charge < -0.3 is 10.6 Å². The van der Waals surface area contributed by atoms with Crippen LogP contribution >= 0.6 is 28.1 Å². The van der Waals surface area contributed by atoms with Gasteiger partial charge >= 0.3 is 6.18 Å². The number of alkyl halides is 3. The highest BCUT2D eigenvalue weighted by Crippen LogP contribution is 2.30. The van der Waals surface area contributed by atoms with E-state index in [1.165, 1.54) is 12.1 Å². The van der Waals surface area contributed by atoms with Crippen LogP contribution in [0.25, 0.3) is 0 Å². The normalized spacial score (nSPS) is 11.1. The third-order valence-corrected chi connectivity index (χ3v) is 3.78. The highest BCUT2D eigenvalue weighted by atomic mass is 79.9. The summed E-state index contributed by atoms with van der Waals surface area (Å²) in [5.74, 6) is 0. The van der Waals surface area contributed by atoms with Gasteiger partial charge in [-0.15, -0.1) is 0 Å². The van der Waals surface area contributed by atoms with Gasteiger partial charge in [0.1, 0.15) is 0 Å². The Kier molecular flexibility index (Phi) is 6.01. The van der Waals surface area contributed by atoms with Crippen LogP contribution in [0.3, 0.4) is 0 Å². The monoisotopic (exact) mass is 402 g/mol. The first-order valence-corrected chi connectivity index (χ1v) is 8.01. The molecule has 0 aliphatic heterocycles. The summed E-state index contributed by atoms with van der Waals surface area (Å²) in [6.45, 7) is 0.585. The second kappa shape index (κ2) is 7.79. The average molecular weight is 403 g/mol. The maximum atomic E-state index is 12.6. The number of halogens is 4. The zero-order chi connectivity index (χ0) is 16.9. The molecule has 0 bridgehead atoms. The molecule has 7 heteroatoms. The summed E-state index contributed by atoms with van der Waals surface area (Å²) >= 11 is 8.50. The van der Waals surface area contributed by atoms with Crippen LogP contribution in [0.2, 0.25) is 0 Å². The van der Waals surface area contributed by atoms with Gasteiger partial charge in [-0.2, -0.15) is 13.2 Å². The van der Waals surface area contributed by atoms with Crippen LogP contribution in [0, 0.1) is 0 Å². The Morgan fingerprint density at radius 1 is 1.09 bits per heavy atom. The molecule has 0 aliphatic carbocycles. The van der Waals surface area contributed by atoms with Crippen molar-refractivity contribution in [3.8, 4) is 0 Å². The SMILES string of the molecule is FC(F)(F)c1cccc(NC(=S)NCCc2cccc(Br)c2)c1. The van der Waals surface area contributed by atoms with Crippen molar-refractivity contribution in [2.45, 2.75) is 12.6 Å². The van der Waals surface area contributed by atoms with Gasteiger partial charge in [-0.1, -0.05) is 34.1 Å². The minimum atomic E-state index is -4.37. The number of nitrogens with one attached hydrogen (secondary N) is 2. The average Bonchev–Trinajstić information content (AvgIpc) is 2.46. The van der Waals surface area contributed by atoms with Crippen molar-refractivity contribution >= 4 is 38.9 Å². The lowest BCUT2D eigenvalue weighted by atomic mass is 10.1. The van der Waals surface area contributed by atoms with Crippen LogP contribution in [-0.4, -0.2) is 11.7 Å². The molecule has 0 spiro atoms. The molecule has 2 nitrogen and oxygen atoms in total. The van der Waals surface area contributed by atoms with E-state index in [4.69, 9.17) is 12.2 Å². The highest BCUT2D eigenvalue weighted by Gasteiger charge is 2.30. The van der Waals surface area contributed by atoms with E-state index in [-0.39, 0.29) is 0 Å². The fourth-order valence-corrected chi connectivity index (χ4v) is 2.63. The van der Waals surface area contributed by atoms with Gasteiger partial charge in [0.05, 0.1) is 5.56 Å². The Labute approximate surface area is 146 Å². The van der Waals surface area contributed by atoms with Crippen LogP contribution in [-0.2, 0) is 12.6 Å². The molecule has 0 atom stereocenters. The summed E-state index contributed by atoms with van der Waals surface area (Å²) in [7, 11) is 0. The van der Waals surface area contributed by atoms with Gasteiger partial charge in [0, 0.05) is 16.7 Å². The molecule has 0 aliphatic rings. The fraction of sp³-hybridized carbons (Fsp3) is 0.188. The fourth-order valence-electron chi connectivity index (χ4n) is 1.96.